The van der Waals surface area contributed by atoms with Crippen LogP contribution in [0.15, 0.2) is 18.2 Å². The van der Waals surface area contributed by atoms with Crippen LogP contribution in [0.2, 0.25) is 0 Å². The Balaban J connectivity index is 2.87. The van der Waals surface area contributed by atoms with E-state index in [1.54, 1.807) is 20.1 Å². The monoisotopic (exact) mass is 238 g/mol. The maximum atomic E-state index is 10.8. The summed E-state index contributed by atoms with van der Waals surface area (Å²) in [6, 6.07) is 5.50. The van der Waals surface area contributed by atoms with E-state index in [1.165, 1.54) is 0 Å². The van der Waals surface area contributed by atoms with Crippen LogP contribution in [0.3, 0.4) is 0 Å². The molecule has 1 aromatic rings. The predicted octanol–water partition coefficient (Wildman–Crippen LogP) is 2.36. The van der Waals surface area contributed by atoms with E-state index < -0.39 is 11.9 Å². The summed E-state index contributed by atoms with van der Waals surface area (Å²) >= 11 is 0. The van der Waals surface area contributed by atoms with Crippen LogP contribution in [-0.4, -0.2) is 24.8 Å². The largest absolute Gasteiger partial charge is 0.493 e. The lowest BCUT2D eigenvalue weighted by molar-refractivity contribution is -0.141. The van der Waals surface area contributed by atoms with E-state index in [2.05, 4.69) is 0 Å². The number of methoxy groups -OCH3 is 1. The molecule has 1 aromatic carbocycles. The maximum absolute atomic E-state index is 10.8. The van der Waals surface area contributed by atoms with Gasteiger partial charge in [-0.1, -0.05) is 13.0 Å². The Kier molecular flexibility index (Phi) is 4.82. The minimum absolute atomic E-state index is 0.405. The molecule has 1 atom stereocenters. The molecular weight excluding hydrogens is 220 g/mol. The SMILES string of the molecule is CCOc1cc(CC(C)C(=O)O)ccc1OC. The molecule has 0 radical (unpaired) electrons. The number of ether oxygens (including phenoxy) is 2. The van der Waals surface area contributed by atoms with Crippen molar-refractivity contribution in [3.05, 3.63) is 23.8 Å². The molecular formula is C13H18O4. The van der Waals surface area contributed by atoms with Gasteiger partial charge in [-0.2, -0.15) is 0 Å². The van der Waals surface area contributed by atoms with Crippen molar-refractivity contribution in [1.29, 1.82) is 0 Å². The summed E-state index contributed by atoms with van der Waals surface area (Å²) in [6.45, 7) is 4.13. The van der Waals surface area contributed by atoms with Crippen LogP contribution in [0, 0.1) is 5.92 Å². The molecule has 0 fully saturated rings. The Morgan fingerprint density at radius 3 is 2.65 bits per heavy atom. The van der Waals surface area contributed by atoms with Gasteiger partial charge in [0.1, 0.15) is 0 Å². The van der Waals surface area contributed by atoms with E-state index in [9.17, 15) is 4.79 Å². The van der Waals surface area contributed by atoms with E-state index in [0.29, 0.717) is 24.5 Å². The van der Waals surface area contributed by atoms with Gasteiger partial charge < -0.3 is 14.6 Å². The molecule has 4 heteroatoms. The molecule has 94 valence electrons. The molecule has 0 heterocycles. The van der Waals surface area contributed by atoms with Gasteiger partial charge in [-0.05, 0) is 31.0 Å². The van der Waals surface area contributed by atoms with E-state index in [-0.39, 0.29) is 0 Å². The van der Waals surface area contributed by atoms with Crippen LogP contribution in [0.5, 0.6) is 11.5 Å². The molecule has 17 heavy (non-hydrogen) atoms. The molecule has 0 spiro atoms. The van der Waals surface area contributed by atoms with Gasteiger partial charge in [-0.25, -0.2) is 0 Å². The Bertz CT molecular complexity index is 387. The molecule has 1 N–H and O–H groups in total. The Labute approximate surface area is 101 Å². The van der Waals surface area contributed by atoms with E-state index in [0.717, 1.165) is 5.56 Å². The van der Waals surface area contributed by atoms with Crippen LogP contribution in [0.4, 0.5) is 0 Å². The molecule has 0 aliphatic heterocycles. The first kappa shape index (κ1) is 13.4. The molecule has 1 unspecified atom stereocenters. The second-order valence-electron chi connectivity index (χ2n) is 3.86. The number of carboxylic acids is 1. The normalized spacial score (nSPS) is 11.9. The van der Waals surface area contributed by atoms with Crippen LogP contribution in [0.25, 0.3) is 0 Å². The lowest BCUT2D eigenvalue weighted by Crippen LogP contribution is -2.12. The van der Waals surface area contributed by atoms with Crippen LogP contribution < -0.4 is 9.47 Å². The molecule has 0 aromatic heterocycles. The van der Waals surface area contributed by atoms with Gasteiger partial charge in [0, 0.05) is 0 Å². The second-order valence-corrected chi connectivity index (χ2v) is 3.86. The van der Waals surface area contributed by atoms with Crippen molar-refractivity contribution in [1.82, 2.24) is 0 Å². The molecule has 0 saturated carbocycles. The van der Waals surface area contributed by atoms with Gasteiger partial charge in [0.15, 0.2) is 11.5 Å². The zero-order chi connectivity index (χ0) is 12.8. The first-order valence-corrected chi connectivity index (χ1v) is 5.61. The van der Waals surface area contributed by atoms with E-state index >= 15 is 0 Å². The van der Waals surface area contributed by atoms with E-state index in [4.69, 9.17) is 14.6 Å². The summed E-state index contributed by atoms with van der Waals surface area (Å²) in [5.41, 5.74) is 0.934. The highest BCUT2D eigenvalue weighted by atomic mass is 16.5. The average Bonchev–Trinajstić information content (AvgIpc) is 2.29. The number of hydrogen-bond acceptors (Lipinski definition) is 3. The number of hydrogen-bond donors (Lipinski definition) is 1. The Hall–Kier alpha value is -1.71. The van der Waals surface area contributed by atoms with E-state index in [1.807, 2.05) is 19.1 Å². The van der Waals surface area contributed by atoms with Gasteiger partial charge in [-0.15, -0.1) is 0 Å². The lowest BCUT2D eigenvalue weighted by atomic mass is 10.0. The van der Waals surface area contributed by atoms with Crippen molar-refractivity contribution in [3.63, 3.8) is 0 Å². The maximum Gasteiger partial charge on any atom is 0.306 e. The quantitative estimate of drug-likeness (QED) is 0.826. The van der Waals surface area contributed by atoms with Crippen molar-refractivity contribution in [3.8, 4) is 11.5 Å². The minimum Gasteiger partial charge on any atom is -0.493 e. The van der Waals surface area contributed by atoms with Crippen LogP contribution in [-0.2, 0) is 11.2 Å². The fourth-order valence-corrected chi connectivity index (χ4v) is 1.56. The Morgan fingerprint density at radius 1 is 1.41 bits per heavy atom. The number of benzene rings is 1. The van der Waals surface area contributed by atoms with Crippen molar-refractivity contribution in [2.45, 2.75) is 20.3 Å². The van der Waals surface area contributed by atoms with Gasteiger partial charge in [0.25, 0.3) is 0 Å². The highest BCUT2D eigenvalue weighted by Crippen LogP contribution is 2.28. The van der Waals surface area contributed by atoms with Crippen molar-refractivity contribution in [2.24, 2.45) is 5.92 Å². The summed E-state index contributed by atoms with van der Waals surface area (Å²) in [7, 11) is 1.58. The molecule has 0 amide bonds. The standard InChI is InChI=1S/C13H18O4/c1-4-17-12-8-10(5-6-11(12)16-3)7-9(2)13(14)15/h5-6,8-9H,4,7H2,1-3H3,(H,14,15). The summed E-state index contributed by atoms with van der Waals surface area (Å²) in [4.78, 5) is 10.8. The topological polar surface area (TPSA) is 55.8 Å². The van der Waals surface area contributed by atoms with Crippen LogP contribution in [0.1, 0.15) is 19.4 Å². The average molecular weight is 238 g/mol. The predicted molar refractivity (Wildman–Crippen MR) is 64.7 cm³/mol. The number of carboxylic acid groups (broad SMARTS) is 1. The van der Waals surface area contributed by atoms with Gasteiger partial charge in [0.2, 0.25) is 0 Å². The summed E-state index contributed by atoms with van der Waals surface area (Å²) < 4.78 is 10.6. The fourth-order valence-electron chi connectivity index (χ4n) is 1.56. The summed E-state index contributed by atoms with van der Waals surface area (Å²) in [5, 5.41) is 8.86. The first-order valence-electron chi connectivity index (χ1n) is 5.61. The van der Waals surface area contributed by atoms with Crippen molar-refractivity contribution >= 4 is 5.97 Å². The lowest BCUT2D eigenvalue weighted by Gasteiger charge is -2.12. The zero-order valence-electron chi connectivity index (χ0n) is 10.4. The Morgan fingerprint density at radius 2 is 2.12 bits per heavy atom. The highest BCUT2D eigenvalue weighted by molar-refractivity contribution is 5.70. The molecule has 0 bridgehead atoms. The number of carbonyl (C=O) groups is 1. The molecule has 0 aliphatic rings. The minimum atomic E-state index is -0.793. The summed E-state index contributed by atoms with van der Waals surface area (Å²) in [6.07, 6.45) is 0.486. The van der Waals surface area contributed by atoms with Gasteiger partial charge in [-0.3, -0.25) is 4.79 Å². The molecule has 0 aliphatic carbocycles. The highest BCUT2D eigenvalue weighted by Gasteiger charge is 2.13. The molecule has 1 rings (SSSR count). The molecule has 0 saturated heterocycles. The third kappa shape index (κ3) is 3.66. The van der Waals surface area contributed by atoms with Gasteiger partial charge in [0.05, 0.1) is 19.6 Å². The third-order valence-electron chi connectivity index (χ3n) is 2.49. The number of aliphatic carboxylic acids is 1. The van der Waals surface area contributed by atoms with Crippen molar-refractivity contribution in [2.75, 3.05) is 13.7 Å². The smallest absolute Gasteiger partial charge is 0.306 e. The van der Waals surface area contributed by atoms with Crippen molar-refractivity contribution < 1.29 is 19.4 Å². The third-order valence-corrected chi connectivity index (χ3v) is 2.49. The molecule has 4 nitrogen and oxygen atoms in total. The summed E-state index contributed by atoms with van der Waals surface area (Å²) in [5.74, 6) is 0.125. The first-order chi connectivity index (χ1) is 8.08. The fraction of sp³-hybridized carbons (Fsp3) is 0.462. The van der Waals surface area contributed by atoms with Crippen LogP contribution >= 0.6 is 0 Å². The van der Waals surface area contributed by atoms with Gasteiger partial charge >= 0.3 is 5.97 Å². The number of rotatable bonds is 6. The second kappa shape index (κ2) is 6.13. The zero-order valence-corrected chi connectivity index (χ0v) is 10.4.